The first-order valence-electron chi connectivity index (χ1n) is 8.22. The third-order valence-electron chi connectivity index (χ3n) is 3.41. The maximum absolute atomic E-state index is 3.94. The minimum absolute atomic E-state index is 0.990. The summed E-state index contributed by atoms with van der Waals surface area (Å²) in [4.78, 5) is 0. The minimum atomic E-state index is 0.990. The Balaban J connectivity index is 3.71. The van der Waals surface area contributed by atoms with Crippen LogP contribution in [-0.2, 0) is 0 Å². The number of allylic oxidation sites excluding steroid dienone is 4. The van der Waals surface area contributed by atoms with Gasteiger partial charge in [-0.1, -0.05) is 34.4 Å². The van der Waals surface area contributed by atoms with Gasteiger partial charge in [-0.3, -0.25) is 0 Å². The molecule has 0 saturated heterocycles. The van der Waals surface area contributed by atoms with Crippen LogP contribution in [0.15, 0.2) is 47.6 Å². The molecule has 0 aliphatic carbocycles. The number of unbranched alkanes of at least 4 members (excludes halogenated alkanes) is 2. The molecule has 0 rings (SSSR count). The highest BCUT2D eigenvalue weighted by Crippen LogP contribution is 2.07. The van der Waals surface area contributed by atoms with Gasteiger partial charge < -0.3 is 5.32 Å². The lowest BCUT2D eigenvalue weighted by molar-refractivity contribution is 0.766. The van der Waals surface area contributed by atoms with E-state index in [1.54, 1.807) is 0 Å². The Morgan fingerprint density at radius 2 is 1.14 bits per heavy atom. The van der Waals surface area contributed by atoms with Crippen LogP contribution in [0.1, 0.15) is 66.2 Å². The van der Waals surface area contributed by atoms with E-state index in [-0.39, 0.29) is 0 Å². The molecule has 0 aromatic heterocycles. The van der Waals surface area contributed by atoms with Gasteiger partial charge in [0.15, 0.2) is 0 Å². The monoisotopic (exact) mass is 289 g/mol. The third kappa shape index (κ3) is 15.1. The fourth-order valence-corrected chi connectivity index (χ4v) is 2.11. The Morgan fingerprint density at radius 3 is 1.48 bits per heavy atom. The zero-order valence-electron chi connectivity index (χ0n) is 14.7. The summed E-state index contributed by atoms with van der Waals surface area (Å²) >= 11 is 0. The zero-order chi connectivity index (χ0) is 16.1. The molecule has 1 heteroatoms. The molecule has 0 atom stereocenters. The van der Waals surface area contributed by atoms with Crippen molar-refractivity contribution in [2.75, 3.05) is 13.1 Å². The zero-order valence-corrected chi connectivity index (χ0v) is 14.7. The Bertz CT molecular complexity index is 335. The van der Waals surface area contributed by atoms with Crippen molar-refractivity contribution < 1.29 is 0 Å². The van der Waals surface area contributed by atoms with E-state index in [4.69, 9.17) is 0 Å². The van der Waals surface area contributed by atoms with Gasteiger partial charge in [-0.05, 0) is 66.2 Å². The predicted octanol–water partition coefficient (Wildman–Crippen LogP) is 5.96. The molecule has 1 N–H and O–H groups in total. The van der Waals surface area contributed by atoms with Gasteiger partial charge in [0.05, 0.1) is 0 Å². The van der Waals surface area contributed by atoms with Gasteiger partial charge in [-0.2, -0.15) is 0 Å². The predicted molar refractivity (Wildman–Crippen MR) is 97.7 cm³/mol. The molecule has 21 heavy (non-hydrogen) atoms. The average molecular weight is 290 g/mol. The van der Waals surface area contributed by atoms with Crippen LogP contribution in [0.2, 0.25) is 0 Å². The first-order valence-corrected chi connectivity index (χ1v) is 8.22. The van der Waals surface area contributed by atoms with E-state index in [2.05, 4.69) is 58.3 Å². The summed E-state index contributed by atoms with van der Waals surface area (Å²) in [7, 11) is 0. The van der Waals surface area contributed by atoms with Gasteiger partial charge in [0.2, 0.25) is 0 Å². The van der Waals surface area contributed by atoms with Gasteiger partial charge >= 0.3 is 0 Å². The van der Waals surface area contributed by atoms with Gasteiger partial charge in [-0.15, -0.1) is 13.2 Å². The lowest BCUT2D eigenvalue weighted by Crippen LogP contribution is -2.18. The second kappa shape index (κ2) is 12.6. The van der Waals surface area contributed by atoms with Crippen LogP contribution in [0.5, 0.6) is 0 Å². The maximum Gasteiger partial charge on any atom is 0.0164 e. The molecule has 0 amide bonds. The normalized spacial score (nSPS) is 12.6. The molecule has 0 aliphatic heterocycles. The number of hydrogen-bond donors (Lipinski definition) is 1. The number of nitrogens with one attached hydrogen (secondary N) is 1. The van der Waals surface area contributed by atoms with E-state index in [0.717, 1.165) is 38.8 Å². The summed E-state index contributed by atoms with van der Waals surface area (Å²) in [6, 6.07) is 0. The van der Waals surface area contributed by atoms with Crippen LogP contribution in [0.3, 0.4) is 0 Å². The number of hydrogen-bond acceptors (Lipinski definition) is 1. The van der Waals surface area contributed by atoms with Crippen LogP contribution in [0, 0.1) is 0 Å². The standard InChI is InChI=1S/C20H35N/c1-17(2)11-7-9-13-19(5)15-21-16-20(6)14-10-8-12-18(3)4/h13-14,21H,1,3,7-12,15-16H2,2,4-6H3/b19-13+,20-14+. The molecule has 0 aliphatic rings. The average Bonchev–Trinajstić information content (AvgIpc) is 2.39. The first kappa shape index (κ1) is 19.9. The van der Waals surface area contributed by atoms with E-state index < -0.39 is 0 Å². The van der Waals surface area contributed by atoms with Crippen LogP contribution >= 0.6 is 0 Å². The Hall–Kier alpha value is -1.08. The van der Waals surface area contributed by atoms with Crippen molar-refractivity contribution in [2.24, 2.45) is 0 Å². The van der Waals surface area contributed by atoms with E-state index in [1.807, 2.05) is 0 Å². The highest BCUT2D eigenvalue weighted by atomic mass is 14.8. The summed E-state index contributed by atoms with van der Waals surface area (Å²) < 4.78 is 0. The molecule has 0 fully saturated rings. The summed E-state index contributed by atoms with van der Waals surface area (Å²) in [6.07, 6.45) is 11.7. The molecule has 0 unspecified atom stereocenters. The third-order valence-corrected chi connectivity index (χ3v) is 3.41. The second-order valence-electron chi connectivity index (χ2n) is 6.40. The molecule has 0 heterocycles. The molecular formula is C20H35N. The molecule has 120 valence electrons. The molecule has 1 nitrogen and oxygen atoms in total. The largest absolute Gasteiger partial charge is 0.309 e. The molecule has 0 bridgehead atoms. The lowest BCUT2D eigenvalue weighted by Gasteiger charge is -2.06. The summed E-state index contributed by atoms with van der Waals surface area (Å²) in [5, 5.41) is 3.51. The topological polar surface area (TPSA) is 12.0 Å². The molecule has 0 aromatic rings. The highest BCUT2D eigenvalue weighted by molar-refractivity contribution is 5.05. The van der Waals surface area contributed by atoms with Crippen molar-refractivity contribution in [1.82, 2.24) is 5.32 Å². The molecular weight excluding hydrogens is 254 g/mol. The summed E-state index contributed by atoms with van der Waals surface area (Å²) in [5.41, 5.74) is 5.44. The van der Waals surface area contributed by atoms with Crippen molar-refractivity contribution in [2.45, 2.75) is 66.2 Å². The van der Waals surface area contributed by atoms with Crippen LogP contribution < -0.4 is 5.32 Å². The Labute approximate surface area is 132 Å². The molecule has 0 aromatic carbocycles. The van der Waals surface area contributed by atoms with Crippen LogP contribution in [0.4, 0.5) is 0 Å². The molecule has 0 saturated carbocycles. The summed E-state index contributed by atoms with van der Waals surface area (Å²) in [5.74, 6) is 0. The smallest absolute Gasteiger partial charge is 0.0164 e. The fraction of sp³-hybridized carbons (Fsp3) is 0.600. The highest BCUT2D eigenvalue weighted by Gasteiger charge is 1.93. The van der Waals surface area contributed by atoms with Crippen molar-refractivity contribution in [3.05, 3.63) is 47.6 Å². The van der Waals surface area contributed by atoms with Crippen LogP contribution in [0.25, 0.3) is 0 Å². The Morgan fingerprint density at radius 1 is 0.762 bits per heavy atom. The van der Waals surface area contributed by atoms with Crippen molar-refractivity contribution in [3.8, 4) is 0 Å². The van der Waals surface area contributed by atoms with Crippen molar-refractivity contribution in [1.29, 1.82) is 0 Å². The summed E-state index contributed by atoms with van der Waals surface area (Å²) in [6.45, 7) is 18.5. The van der Waals surface area contributed by atoms with E-state index in [9.17, 15) is 0 Å². The minimum Gasteiger partial charge on any atom is -0.309 e. The van der Waals surface area contributed by atoms with E-state index in [0.29, 0.717) is 0 Å². The van der Waals surface area contributed by atoms with E-state index in [1.165, 1.54) is 35.1 Å². The first-order chi connectivity index (χ1) is 9.91. The van der Waals surface area contributed by atoms with Crippen LogP contribution in [-0.4, -0.2) is 13.1 Å². The second-order valence-corrected chi connectivity index (χ2v) is 6.40. The van der Waals surface area contributed by atoms with Crippen molar-refractivity contribution in [3.63, 3.8) is 0 Å². The molecule has 0 radical (unpaired) electrons. The van der Waals surface area contributed by atoms with Gasteiger partial charge in [0, 0.05) is 13.1 Å². The molecule has 0 spiro atoms. The number of rotatable bonds is 12. The SMILES string of the molecule is C=C(C)CCC/C=C(\C)CNC/C(C)=C/CCCC(=C)C. The van der Waals surface area contributed by atoms with Gasteiger partial charge in [0.1, 0.15) is 0 Å². The fourth-order valence-electron chi connectivity index (χ4n) is 2.11. The van der Waals surface area contributed by atoms with Crippen molar-refractivity contribution >= 4 is 0 Å². The lowest BCUT2D eigenvalue weighted by atomic mass is 10.1. The van der Waals surface area contributed by atoms with Gasteiger partial charge in [0.25, 0.3) is 0 Å². The van der Waals surface area contributed by atoms with Gasteiger partial charge in [-0.25, -0.2) is 0 Å². The maximum atomic E-state index is 3.94. The quantitative estimate of drug-likeness (QED) is 0.345. The van der Waals surface area contributed by atoms with E-state index >= 15 is 0 Å². The Kier molecular flexibility index (Phi) is 12.0.